The van der Waals surface area contributed by atoms with Gasteiger partial charge in [0.15, 0.2) is 0 Å². The lowest BCUT2D eigenvalue weighted by Gasteiger charge is -2.26. The predicted octanol–water partition coefficient (Wildman–Crippen LogP) is 2.06. The summed E-state index contributed by atoms with van der Waals surface area (Å²) in [6.45, 7) is 7.47. The SMILES string of the molecule is CCC(CC)N(CC)OC. The second kappa shape index (κ2) is 5.69. The summed E-state index contributed by atoms with van der Waals surface area (Å²) in [5.74, 6) is 0. The molecule has 0 aromatic carbocycles. The first-order chi connectivity index (χ1) is 4.79. The molecule has 0 radical (unpaired) electrons. The van der Waals surface area contributed by atoms with Gasteiger partial charge >= 0.3 is 0 Å². The van der Waals surface area contributed by atoms with E-state index >= 15 is 0 Å². The quantitative estimate of drug-likeness (QED) is 0.549. The van der Waals surface area contributed by atoms with Gasteiger partial charge in [0, 0.05) is 12.6 Å². The summed E-state index contributed by atoms with van der Waals surface area (Å²) >= 11 is 0. The van der Waals surface area contributed by atoms with Gasteiger partial charge in [0.1, 0.15) is 0 Å². The van der Waals surface area contributed by atoms with Crippen molar-refractivity contribution in [2.75, 3.05) is 13.7 Å². The summed E-state index contributed by atoms with van der Waals surface area (Å²) in [7, 11) is 1.74. The van der Waals surface area contributed by atoms with E-state index < -0.39 is 0 Å². The number of hydrogen-bond acceptors (Lipinski definition) is 2. The third-order valence-electron chi connectivity index (χ3n) is 1.90. The maximum atomic E-state index is 5.18. The highest BCUT2D eigenvalue weighted by atomic mass is 16.7. The molecular weight excluding hydrogens is 126 g/mol. The minimum absolute atomic E-state index is 0.593. The Morgan fingerprint density at radius 3 is 1.80 bits per heavy atom. The third-order valence-corrected chi connectivity index (χ3v) is 1.90. The molecule has 0 aliphatic heterocycles. The van der Waals surface area contributed by atoms with E-state index in [1.807, 2.05) is 5.06 Å². The monoisotopic (exact) mass is 145 g/mol. The normalized spacial score (nSPS) is 11.4. The summed E-state index contributed by atoms with van der Waals surface area (Å²) in [4.78, 5) is 5.18. The van der Waals surface area contributed by atoms with Crippen LogP contribution in [0.3, 0.4) is 0 Å². The summed E-state index contributed by atoms with van der Waals surface area (Å²) < 4.78 is 0. The molecule has 0 atom stereocenters. The fourth-order valence-electron chi connectivity index (χ4n) is 1.23. The van der Waals surface area contributed by atoms with Crippen molar-refractivity contribution < 1.29 is 4.84 Å². The average Bonchev–Trinajstić information content (AvgIpc) is 2.00. The number of hydroxylamine groups is 2. The topological polar surface area (TPSA) is 12.5 Å². The molecule has 0 spiro atoms. The zero-order valence-corrected chi connectivity index (χ0v) is 7.55. The van der Waals surface area contributed by atoms with E-state index in [0.29, 0.717) is 6.04 Å². The van der Waals surface area contributed by atoms with E-state index in [0.717, 1.165) is 19.4 Å². The summed E-state index contributed by atoms with van der Waals surface area (Å²) in [6, 6.07) is 0.593. The summed E-state index contributed by atoms with van der Waals surface area (Å²) in [5.41, 5.74) is 0. The van der Waals surface area contributed by atoms with Crippen molar-refractivity contribution in [3.8, 4) is 0 Å². The Kier molecular flexibility index (Phi) is 5.64. The largest absolute Gasteiger partial charge is 0.302 e. The van der Waals surface area contributed by atoms with Crippen molar-refractivity contribution in [3.63, 3.8) is 0 Å². The van der Waals surface area contributed by atoms with Gasteiger partial charge in [-0.2, -0.15) is 5.06 Å². The molecule has 2 heteroatoms. The van der Waals surface area contributed by atoms with E-state index in [4.69, 9.17) is 4.84 Å². The molecule has 0 aromatic heterocycles. The lowest BCUT2D eigenvalue weighted by atomic mass is 10.2. The van der Waals surface area contributed by atoms with Crippen LogP contribution in [0.25, 0.3) is 0 Å². The minimum atomic E-state index is 0.593. The predicted molar refractivity (Wildman–Crippen MR) is 43.8 cm³/mol. The first-order valence-electron chi connectivity index (χ1n) is 4.10. The Morgan fingerprint density at radius 2 is 1.70 bits per heavy atom. The van der Waals surface area contributed by atoms with Crippen molar-refractivity contribution in [3.05, 3.63) is 0 Å². The second-order valence-electron chi connectivity index (χ2n) is 2.39. The molecule has 2 nitrogen and oxygen atoms in total. The molecule has 0 unspecified atom stereocenters. The molecule has 0 saturated carbocycles. The van der Waals surface area contributed by atoms with Crippen molar-refractivity contribution in [2.45, 2.75) is 39.7 Å². The van der Waals surface area contributed by atoms with Crippen LogP contribution in [0.2, 0.25) is 0 Å². The third kappa shape index (κ3) is 2.67. The minimum Gasteiger partial charge on any atom is -0.302 e. The summed E-state index contributed by atoms with van der Waals surface area (Å²) in [6.07, 6.45) is 2.33. The standard InChI is InChI=1S/C8H19NO/c1-5-8(6-2)9(7-3)10-4/h8H,5-7H2,1-4H3. The molecule has 0 rings (SSSR count). The smallest absolute Gasteiger partial charge is 0.0575 e. The molecule has 0 N–H and O–H groups in total. The molecule has 0 bridgehead atoms. The van der Waals surface area contributed by atoms with Crippen LogP contribution in [0, 0.1) is 0 Å². The fourth-order valence-corrected chi connectivity index (χ4v) is 1.23. The highest BCUT2D eigenvalue weighted by Gasteiger charge is 2.11. The van der Waals surface area contributed by atoms with Gasteiger partial charge in [0.2, 0.25) is 0 Å². The molecule has 0 heterocycles. The van der Waals surface area contributed by atoms with E-state index in [1.165, 1.54) is 0 Å². The van der Waals surface area contributed by atoms with Crippen molar-refractivity contribution >= 4 is 0 Å². The molecule has 62 valence electrons. The van der Waals surface area contributed by atoms with Gasteiger partial charge in [0.05, 0.1) is 7.11 Å². The van der Waals surface area contributed by atoms with Gasteiger partial charge in [-0.15, -0.1) is 0 Å². The number of hydrogen-bond donors (Lipinski definition) is 0. The number of nitrogens with zero attached hydrogens (tertiary/aromatic N) is 1. The zero-order valence-electron chi connectivity index (χ0n) is 7.55. The molecule has 0 aliphatic carbocycles. The van der Waals surface area contributed by atoms with Crippen molar-refractivity contribution in [2.24, 2.45) is 0 Å². The van der Waals surface area contributed by atoms with Crippen LogP contribution < -0.4 is 0 Å². The van der Waals surface area contributed by atoms with Gasteiger partial charge in [-0.05, 0) is 12.8 Å². The Bertz CT molecular complexity index is 57.7. The van der Waals surface area contributed by atoms with Crippen LogP contribution >= 0.6 is 0 Å². The first kappa shape index (κ1) is 9.92. The van der Waals surface area contributed by atoms with Gasteiger partial charge in [-0.25, -0.2) is 0 Å². The van der Waals surface area contributed by atoms with Crippen LogP contribution in [-0.2, 0) is 4.84 Å². The lowest BCUT2D eigenvalue weighted by Crippen LogP contribution is -2.33. The first-order valence-corrected chi connectivity index (χ1v) is 4.10. The average molecular weight is 145 g/mol. The Morgan fingerprint density at radius 1 is 1.20 bits per heavy atom. The van der Waals surface area contributed by atoms with Crippen LogP contribution in [0.1, 0.15) is 33.6 Å². The van der Waals surface area contributed by atoms with Gasteiger partial charge in [-0.3, -0.25) is 0 Å². The molecule has 10 heavy (non-hydrogen) atoms. The number of rotatable bonds is 5. The Labute approximate surface area is 64.1 Å². The highest BCUT2D eigenvalue weighted by Crippen LogP contribution is 2.06. The molecular formula is C8H19NO. The molecule has 0 fully saturated rings. The van der Waals surface area contributed by atoms with Gasteiger partial charge in [0.25, 0.3) is 0 Å². The second-order valence-corrected chi connectivity index (χ2v) is 2.39. The van der Waals surface area contributed by atoms with Crippen molar-refractivity contribution in [1.29, 1.82) is 0 Å². The molecule has 0 aromatic rings. The van der Waals surface area contributed by atoms with Crippen molar-refractivity contribution in [1.82, 2.24) is 5.06 Å². The van der Waals surface area contributed by atoms with Crippen LogP contribution in [-0.4, -0.2) is 24.8 Å². The molecule has 0 aliphatic rings. The van der Waals surface area contributed by atoms with E-state index in [2.05, 4.69) is 20.8 Å². The van der Waals surface area contributed by atoms with Gasteiger partial charge in [-0.1, -0.05) is 20.8 Å². The maximum absolute atomic E-state index is 5.18. The molecule has 0 amide bonds. The maximum Gasteiger partial charge on any atom is 0.0575 e. The Balaban J connectivity index is 3.70. The van der Waals surface area contributed by atoms with Crippen LogP contribution in [0.15, 0.2) is 0 Å². The van der Waals surface area contributed by atoms with E-state index in [9.17, 15) is 0 Å². The zero-order chi connectivity index (χ0) is 7.98. The van der Waals surface area contributed by atoms with E-state index in [-0.39, 0.29) is 0 Å². The molecule has 0 saturated heterocycles. The van der Waals surface area contributed by atoms with Gasteiger partial charge < -0.3 is 4.84 Å². The van der Waals surface area contributed by atoms with E-state index in [1.54, 1.807) is 7.11 Å². The lowest BCUT2D eigenvalue weighted by molar-refractivity contribution is -0.159. The highest BCUT2D eigenvalue weighted by molar-refractivity contribution is 4.59. The Hall–Kier alpha value is -0.0800. The van der Waals surface area contributed by atoms with Crippen LogP contribution in [0.4, 0.5) is 0 Å². The van der Waals surface area contributed by atoms with Crippen LogP contribution in [0.5, 0.6) is 0 Å². The fraction of sp³-hybridized carbons (Fsp3) is 1.00. The summed E-state index contributed by atoms with van der Waals surface area (Å²) in [5, 5.41) is 2.03.